The third kappa shape index (κ3) is 7.53. The number of hydrogen-bond acceptors (Lipinski definition) is 5. The average molecular weight is 318 g/mol. The van der Waals surface area contributed by atoms with Crippen molar-refractivity contribution in [2.75, 3.05) is 46.1 Å². The molecule has 1 aliphatic rings. The van der Waals surface area contributed by atoms with E-state index in [1.165, 1.54) is 0 Å². The molecule has 124 valence electrons. The van der Waals surface area contributed by atoms with Gasteiger partial charge in [0.25, 0.3) is 0 Å². The van der Waals surface area contributed by atoms with Crippen molar-refractivity contribution in [3.05, 3.63) is 12.7 Å². The summed E-state index contributed by atoms with van der Waals surface area (Å²) in [4.78, 5) is 2.37. The van der Waals surface area contributed by atoms with Crippen molar-refractivity contribution in [1.82, 2.24) is 4.90 Å². The van der Waals surface area contributed by atoms with Gasteiger partial charge in [-0.15, -0.1) is 6.58 Å². The lowest BCUT2D eigenvalue weighted by atomic mass is 10.3. The molecule has 0 bridgehead atoms. The number of epoxide rings is 1. The predicted molar refractivity (Wildman–Crippen MR) is 86.4 cm³/mol. The normalized spacial score (nSPS) is 18.2. The van der Waals surface area contributed by atoms with Crippen LogP contribution in [0.5, 0.6) is 0 Å². The van der Waals surface area contributed by atoms with Crippen LogP contribution in [0.1, 0.15) is 27.2 Å². The molecule has 0 N–H and O–H groups in total. The zero-order valence-corrected chi connectivity index (χ0v) is 14.8. The van der Waals surface area contributed by atoms with E-state index in [9.17, 15) is 0 Å². The Hall–Kier alpha value is -0.243. The molecule has 0 radical (unpaired) electrons. The van der Waals surface area contributed by atoms with Crippen molar-refractivity contribution in [3.63, 3.8) is 0 Å². The van der Waals surface area contributed by atoms with Gasteiger partial charge in [0.15, 0.2) is 0 Å². The highest BCUT2D eigenvalue weighted by molar-refractivity contribution is 6.60. The van der Waals surface area contributed by atoms with Crippen LogP contribution in [0.4, 0.5) is 0 Å². The van der Waals surface area contributed by atoms with Gasteiger partial charge in [0, 0.05) is 39.0 Å². The maximum absolute atomic E-state index is 5.88. The molecule has 0 aromatic rings. The molecular formula is C15H31NO4Si. The fourth-order valence-electron chi connectivity index (χ4n) is 2.42. The summed E-state index contributed by atoms with van der Waals surface area (Å²) in [6, 6.07) is 0.863. The van der Waals surface area contributed by atoms with Crippen molar-refractivity contribution in [1.29, 1.82) is 0 Å². The van der Waals surface area contributed by atoms with Gasteiger partial charge in [0.05, 0.1) is 12.7 Å². The zero-order chi connectivity index (χ0) is 15.6. The van der Waals surface area contributed by atoms with E-state index in [0.29, 0.717) is 25.9 Å². The first-order valence-corrected chi connectivity index (χ1v) is 9.99. The van der Waals surface area contributed by atoms with Crippen LogP contribution in [0, 0.1) is 0 Å². The third-order valence-corrected chi connectivity index (χ3v) is 6.45. The van der Waals surface area contributed by atoms with Gasteiger partial charge in [0.2, 0.25) is 0 Å². The lowest BCUT2D eigenvalue weighted by molar-refractivity contribution is 0.0699. The number of rotatable bonds is 14. The molecule has 1 atom stereocenters. The molecule has 6 heteroatoms. The fraction of sp³-hybridized carbons (Fsp3) is 0.867. The summed E-state index contributed by atoms with van der Waals surface area (Å²) in [7, 11) is -2.49. The molecule has 21 heavy (non-hydrogen) atoms. The van der Waals surface area contributed by atoms with Gasteiger partial charge < -0.3 is 18.0 Å². The number of nitrogens with zero attached hydrogens (tertiary/aromatic N) is 1. The van der Waals surface area contributed by atoms with Crippen molar-refractivity contribution >= 4 is 8.80 Å². The molecular weight excluding hydrogens is 286 g/mol. The SMILES string of the molecule is C=CCN(CCC[Si](OCC)(OCC)OCC)CC1CO1. The first kappa shape index (κ1) is 18.8. The monoisotopic (exact) mass is 317 g/mol. The Kier molecular flexibility index (Phi) is 9.38. The van der Waals surface area contributed by atoms with Crippen LogP contribution < -0.4 is 0 Å². The van der Waals surface area contributed by atoms with E-state index in [0.717, 1.165) is 38.7 Å². The molecule has 1 aliphatic heterocycles. The van der Waals surface area contributed by atoms with E-state index in [1.807, 2.05) is 26.8 Å². The fourth-order valence-corrected chi connectivity index (χ4v) is 5.02. The minimum Gasteiger partial charge on any atom is -0.374 e. The Morgan fingerprint density at radius 3 is 2.19 bits per heavy atom. The quantitative estimate of drug-likeness (QED) is 0.279. The van der Waals surface area contributed by atoms with Crippen LogP contribution in [-0.4, -0.2) is 65.9 Å². The minimum absolute atomic E-state index is 0.414. The van der Waals surface area contributed by atoms with E-state index in [2.05, 4.69) is 11.5 Å². The highest BCUT2D eigenvalue weighted by Crippen LogP contribution is 2.19. The molecule has 1 rings (SSSR count). The van der Waals surface area contributed by atoms with Crippen LogP contribution in [0.3, 0.4) is 0 Å². The highest BCUT2D eigenvalue weighted by Gasteiger charge is 2.39. The lowest BCUT2D eigenvalue weighted by Crippen LogP contribution is -2.46. The first-order chi connectivity index (χ1) is 10.2. The Labute approximate surface area is 130 Å². The predicted octanol–water partition coefficient (Wildman–Crippen LogP) is 2.31. The lowest BCUT2D eigenvalue weighted by Gasteiger charge is -2.29. The summed E-state index contributed by atoms with van der Waals surface area (Å²) >= 11 is 0. The summed E-state index contributed by atoms with van der Waals surface area (Å²) in [5.74, 6) is 0. The molecule has 1 saturated heterocycles. The summed E-state index contributed by atoms with van der Waals surface area (Å²) in [6.07, 6.45) is 3.37. The molecule has 1 unspecified atom stereocenters. The molecule has 5 nitrogen and oxygen atoms in total. The van der Waals surface area contributed by atoms with Gasteiger partial charge in [-0.3, -0.25) is 4.90 Å². The highest BCUT2D eigenvalue weighted by atomic mass is 28.4. The van der Waals surface area contributed by atoms with Crippen LogP contribution >= 0.6 is 0 Å². The summed E-state index contributed by atoms with van der Waals surface area (Å²) in [5, 5.41) is 0. The van der Waals surface area contributed by atoms with Crippen molar-refractivity contribution in [3.8, 4) is 0 Å². The van der Waals surface area contributed by atoms with Gasteiger partial charge in [-0.25, -0.2) is 0 Å². The Morgan fingerprint density at radius 2 is 1.76 bits per heavy atom. The molecule has 0 saturated carbocycles. The summed E-state index contributed by atoms with van der Waals surface area (Å²) in [6.45, 7) is 15.5. The Balaban J connectivity index is 2.42. The molecule has 0 aromatic carbocycles. The second-order valence-corrected chi connectivity index (χ2v) is 7.82. The second kappa shape index (κ2) is 10.5. The Bertz CT molecular complexity index is 270. The zero-order valence-electron chi connectivity index (χ0n) is 13.8. The van der Waals surface area contributed by atoms with Crippen LogP contribution in [-0.2, 0) is 18.0 Å². The second-order valence-electron chi connectivity index (χ2n) is 5.09. The largest absolute Gasteiger partial charge is 0.500 e. The topological polar surface area (TPSA) is 43.5 Å². The first-order valence-electron chi connectivity index (χ1n) is 8.06. The smallest absolute Gasteiger partial charge is 0.374 e. The van der Waals surface area contributed by atoms with E-state index in [-0.39, 0.29) is 0 Å². The van der Waals surface area contributed by atoms with Gasteiger partial charge in [-0.1, -0.05) is 6.08 Å². The maximum atomic E-state index is 5.88. The number of hydrogen-bond donors (Lipinski definition) is 0. The molecule has 1 fully saturated rings. The standard InChI is InChI=1S/C15H31NO4Si/c1-5-10-16(13-15-14-17-15)11-9-12-21(18-6-2,19-7-3)20-8-4/h5,15H,1,6-14H2,2-4H3. The van der Waals surface area contributed by atoms with Gasteiger partial charge in [0.1, 0.15) is 0 Å². The third-order valence-electron chi connectivity index (χ3n) is 3.30. The number of ether oxygens (including phenoxy) is 1. The van der Waals surface area contributed by atoms with E-state index in [4.69, 9.17) is 18.0 Å². The molecule has 0 spiro atoms. The van der Waals surface area contributed by atoms with Crippen molar-refractivity contribution < 1.29 is 18.0 Å². The van der Waals surface area contributed by atoms with E-state index in [1.54, 1.807) is 0 Å². The average Bonchev–Trinajstić information content (AvgIpc) is 3.24. The van der Waals surface area contributed by atoms with Crippen LogP contribution in [0.25, 0.3) is 0 Å². The molecule has 1 heterocycles. The van der Waals surface area contributed by atoms with Crippen LogP contribution in [0.2, 0.25) is 6.04 Å². The van der Waals surface area contributed by atoms with Crippen LogP contribution in [0.15, 0.2) is 12.7 Å². The Morgan fingerprint density at radius 1 is 1.19 bits per heavy atom. The van der Waals surface area contributed by atoms with Crippen molar-refractivity contribution in [2.24, 2.45) is 0 Å². The minimum atomic E-state index is -2.49. The molecule has 0 aromatic heterocycles. The summed E-state index contributed by atoms with van der Waals surface area (Å²) < 4.78 is 22.9. The molecule has 0 aliphatic carbocycles. The van der Waals surface area contributed by atoms with Gasteiger partial charge in [-0.2, -0.15) is 0 Å². The van der Waals surface area contributed by atoms with Gasteiger partial charge >= 0.3 is 8.80 Å². The van der Waals surface area contributed by atoms with Gasteiger partial charge in [-0.05, 0) is 33.7 Å². The molecule has 0 amide bonds. The summed E-state index contributed by atoms with van der Waals surface area (Å²) in [5.41, 5.74) is 0. The van der Waals surface area contributed by atoms with Crippen molar-refractivity contribution in [2.45, 2.75) is 39.3 Å². The van der Waals surface area contributed by atoms with E-state index < -0.39 is 8.80 Å². The maximum Gasteiger partial charge on any atom is 0.500 e. The van der Waals surface area contributed by atoms with E-state index >= 15 is 0 Å².